The molecule has 1 aromatic heterocycles. The van der Waals surface area contributed by atoms with E-state index in [0.717, 1.165) is 27.8 Å². The van der Waals surface area contributed by atoms with Crippen molar-refractivity contribution in [1.29, 1.82) is 0 Å². The number of methoxy groups -OCH3 is 1. The number of sulfonamides is 1. The van der Waals surface area contributed by atoms with Gasteiger partial charge in [0.2, 0.25) is 10.0 Å². The maximum absolute atomic E-state index is 13.2. The molecule has 0 aliphatic carbocycles. The topological polar surface area (TPSA) is 162 Å². The van der Waals surface area contributed by atoms with Crippen molar-refractivity contribution >= 4 is 27.2 Å². The molecule has 0 radical (unpaired) electrons. The Bertz CT molecular complexity index is 1390. The van der Waals surface area contributed by atoms with Crippen LogP contribution in [0.25, 0.3) is 11.3 Å². The highest BCUT2D eigenvalue weighted by Crippen LogP contribution is 2.33. The van der Waals surface area contributed by atoms with Crippen LogP contribution in [-0.4, -0.2) is 65.8 Å². The third-order valence-corrected chi connectivity index (χ3v) is 7.84. The van der Waals surface area contributed by atoms with Gasteiger partial charge >= 0.3 is 0 Å². The van der Waals surface area contributed by atoms with E-state index >= 15 is 0 Å². The number of nitrogens with zero attached hydrogens (tertiary/aromatic N) is 6. The van der Waals surface area contributed by atoms with Gasteiger partial charge in [-0.3, -0.25) is 20.2 Å². The number of rotatable bonds is 7. The molecule has 0 N–H and O–H groups in total. The van der Waals surface area contributed by atoms with Gasteiger partial charge in [-0.2, -0.15) is 4.31 Å². The zero-order valence-electron chi connectivity index (χ0n) is 19.4. The van der Waals surface area contributed by atoms with Gasteiger partial charge in [0.25, 0.3) is 11.4 Å². The maximum Gasteiger partial charge on any atom is 0.280 e. The summed E-state index contributed by atoms with van der Waals surface area (Å²) in [5.41, 5.74) is 0.118. The Balaban J connectivity index is 1.54. The van der Waals surface area contributed by atoms with Crippen LogP contribution in [0.15, 0.2) is 53.7 Å². The van der Waals surface area contributed by atoms with Crippen LogP contribution in [0.1, 0.15) is 5.56 Å². The van der Waals surface area contributed by atoms with Crippen LogP contribution in [0.4, 0.5) is 17.2 Å². The summed E-state index contributed by atoms with van der Waals surface area (Å²) in [5, 5.41) is 22.7. The zero-order chi connectivity index (χ0) is 26.0. The van der Waals surface area contributed by atoms with Crippen LogP contribution < -0.4 is 9.64 Å². The standard InChI is InChI=1S/C22H22N6O7S/c1-15-20(27(29)30)11-18(12-21(15)28(31)32)36(33,34)26-9-7-25(8-10-26)22-13-19(23-14-24-22)16-3-5-17(35-2)6-4-16/h3-6,11-14H,7-10H2,1-2H3. The minimum Gasteiger partial charge on any atom is -0.497 e. The van der Waals surface area contributed by atoms with Crippen LogP contribution in [0, 0.1) is 27.2 Å². The Hall–Kier alpha value is -4.17. The smallest absolute Gasteiger partial charge is 0.280 e. The molecule has 0 amide bonds. The average molecular weight is 515 g/mol. The highest BCUT2D eigenvalue weighted by atomic mass is 32.2. The lowest BCUT2D eigenvalue weighted by Crippen LogP contribution is -2.49. The van der Waals surface area contributed by atoms with Crippen LogP contribution in [0.5, 0.6) is 5.75 Å². The van der Waals surface area contributed by atoms with Gasteiger partial charge in [-0.25, -0.2) is 18.4 Å². The van der Waals surface area contributed by atoms with E-state index in [1.165, 1.54) is 13.3 Å². The van der Waals surface area contributed by atoms with E-state index in [1.807, 2.05) is 29.2 Å². The monoisotopic (exact) mass is 514 g/mol. The third kappa shape index (κ3) is 4.81. The molecule has 1 fully saturated rings. The molecule has 188 valence electrons. The number of anilines is 1. The fourth-order valence-corrected chi connectivity index (χ4v) is 5.40. The van der Waals surface area contributed by atoms with E-state index in [-0.39, 0.29) is 18.7 Å². The van der Waals surface area contributed by atoms with Crippen molar-refractivity contribution < 1.29 is 23.0 Å². The molecule has 0 bridgehead atoms. The van der Waals surface area contributed by atoms with Crippen LogP contribution in [0.3, 0.4) is 0 Å². The Morgan fingerprint density at radius 2 is 1.50 bits per heavy atom. The molecule has 14 heteroatoms. The number of ether oxygens (including phenoxy) is 1. The molecule has 0 spiro atoms. The second kappa shape index (κ2) is 9.83. The number of aromatic nitrogens is 2. The molecule has 4 rings (SSSR count). The van der Waals surface area contributed by atoms with E-state index in [9.17, 15) is 28.6 Å². The molecular weight excluding hydrogens is 492 g/mol. The van der Waals surface area contributed by atoms with Gasteiger partial charge in [-0.05, 0) is 31.2 Å². The molecule has 2 heterocycles. The van der Waals surface area contributed by atoms with E-state index in [1.54, 1.807) is 13.2 Å². The molecule has 0 unspecified atom stereocenters. The lowest BCUT2D eigenvalue weighted by molar-refractivity contribution is -0.395. The summed E-state index contributed by atoms with van der Waals surface area (Å²) in [4.78, 5) is 31.1. The van der Waals surface area contributed by atoms with Gasteiger partial charge < -0.3 is 9.64 Å². The van der Waals surface area contributed by atoms with Crippen molar-refractivity contribution in [1.82, 2.24) is 14.3 Å². The van der Waals surface area contributed by atoms with Crippen molar-refractivity contribution in [3.05, 3.63) is 74.6 Å². The first-order valence-corrected chi connectivity index (χ1v) is 12.2. The van der Waals surface area contributed by atoms with Crippen molar-refractivity contribution in [2.24, 2.45) is 0 Å². The normalized spacial score (nSPS) is 14.4. The summed E-state index contributed by atoms with van der Waals surface area (Å²) in [5.74, 6) is 1.34. The third-order valence-electron chi connectivity index (χ3n) is 5.96. The minimum atomic E-state index is -4.20. The number of benzene rings is 2. The minimum absolute atomic E-state index is 0.0691. The highest BCUT2D eigenvalue weighted by Gasteiger charge is 2.33. The number of nitro benzene ring substituents is 2. The summed E-state index contributed by atoms with van der Waals surface area (Å²) >= 11 is 0. The molecule has 0 saturated carbocycles. The van der Waals surface area contributed by atoms with Gasteiger partial charge in [-0.15, -0.1) is 0 Å². The van der Waals surface area contributed by atoms with Gasteiger partial charge in [0.05, 0.1) is 27.5 Å². The molecule has 1 aliphatic rings. The second-order valence-corrected chi connectivity index (χ2v) is 9.92. The fourth-order valence-electron chi connectivity index (χ4n) is 3.93. The molecule has 2 aromatic carbocycles. The lowest BCUT2D eigenvalue weighted by Gasteiger charge is -2.34. The summed E-state index contributed by atoms with van der Waals surface area (Å²) in [7, 11) is -2.62. The second-order valence-electron chi connectivity index (χ2n) is 7.98. The Morgan fingerprint density at radius 1 is 0.917 bits per heavy atom. The van der Waals surface area contributed by atoms with Gasteiger partial charge in [0.1, 0.15) is 23.5 Å². The number of nitro groups is 2. The molecular formula is C22H22N6O7S. The molecule has 1 aliphatic heterocycles. The van der Waals surface area contributed by atoms with Crippen molar-refractivity contribution in [3.63, 3.8) is 0 Å². The summed E-state index contributed by atoms with van der Waals surface area (Å²) in [6.45, 7) is 1.95. The van der Waals surface area contributed by atoms with Gasteiger partial charge in [-0.1, -0.05) is 0 Å². The van der Waals surface area contributed by atoms with Crippen molar-refractivity contribution in [3.8, 4) is 17.0 Å². The Labute approximate surface area is 206 Å². The Morgan fingerprint density at radius 3 is 2.03 bits per heavy atom. The summed E-state index contributed by atoms with van der Waals surface area (Å²) in [6, 6.07) is 10.9. The Kier molecular flexibility index (Phi) is 6.81. The van der Waals surface area contributed by atoms with Crippen molar-refractivity contribution in [2.75, 3.05) is 38.2 Å². The zero-order valence-corrected chi connectivity index (χ0v) is 20.2. The quantitative estimate of drug-likeness (QED) is 0.338. The van der Waals surface area contributed by atoms with Crippen molar-refractivity contribution in [2.45, 2.75) is 11.8 Å². The van der Waals surface area contributed by atoms with Gasteiger partial charge in [0, 0.05) is 49.9 Å². The van der Waals surface area contributed by atoms with E-state index < -0.39 is 36.1 Å². The first-order valence-electron chi connectivity index (χ1n) is 10.8. The molecule has 0 atom stereocenters. The number of hydrogen-bond donors (Lipinski definition) is 0. The van der Waals surface area contributed by atoms with E-state index in [2.05, 4.69) is 9.97 Å². The average Bonchev–Trinajstić information content (AvgIpc) is 2.88. The molecule has 3 aromatic rings. The van der Waals surface area contributed by atoms with Crippen LogP contribution in [0.2, 0.25) is 0 Å². The number of hydrogen-bond acceptors (Lipinski definition) is 10. The first-order chi connectivity index (χ1) is 17.1. The highest BCUT2D eigenvalue weighted by molar-refractivity contribution is 7.89. The molecule has 1 saturated heterocycles. The first kappa shape index (κ1) is 24.9. The predicted molar refractivity (Wildman–Crippen MR) is 129 cm³/mol. The largest absolute Gasteiger partial charge is 0.497 e. The van der Waals surface area contributed by atoms with Gasteiger partial charge in [0.15, 0.2) is 0 Å². The summed E-state index contributed by atoms with van der Waals surface area (Å²) < 4.78 is 32.8. The predicted octanol–water partition coefficient (Wildman–Crippen LogP) is 2.79. The number of piperazine rings is 1. The lowest BCUT2D eigenvalue weighted by atomic mass is 10.1. The fraction of sp³-hybridized carbons (Fsp3) is 0.273. The van der Waals surface area contributed by atoms with Crippen LogP contribution in [-0.2, 0) is 10.0 Å². The molecule has 36 heavy (non-hydrogen) atoms. The van der Waals surface area contributed by atoms with E-state index in [0.29, 0.717) is 24.6 Å². The SMILES string of the molecule is COc1ccc(-c2cc(N3CCN(S(=O)(=O)c4cc([N+](=O)[O-])c(C)c([N+](=O)[O-])c4)CC3)ncn2)cc1. The van der Waals surface area contributed by atoms with E-state index in [4.69, 9.17) is 4.74 Å². The maximum atomic E-state index is 13.2. The van der Waals surface area contributed by atoms with Crippen LogP contribution >= 0.6 is 0 Å². The summed E-state index contributed by atoms with van der Waals surface area (Å²) in [6.07, 6.45) is 1.43. The molecule has 13 nitrogen and oxygen atoms in total.